The van der Waals surface area contributed by atoms with E-state index in [1.807, 2.05) is 6.92 Å². The van der Waals surface area contributed by atoms with Crippen LogP contribution >= 0.6 is 0 Å². The molecule has 0 bridgehead atoms. The van der Waals surface area contributed by atoms with E-state index in [-0.39, 0.29) is 17.6 Å². The Bertz CT molecular complexity index is 178. The maximum Gasteiger partial charge on any atom is 0.216 e. The summed E-state index contributed by atoms with van der Waals surface area (Å²) in [6.07, 6.45) is 2.88. The van der Waals surface area contributed by atoms with Crippen molar-refractivity contribution in [1.82, 2.24) is 5.32 Å². The second-order valence-corrected chi connectivity index (χ2v) is 3.49. The normalized spacial score (nSPS) is 12.2. The van der Waals surface area contributed by atoms with E-state index in [0.29, 0.717) is 0 Å². The molecule has 13 heavy (non-hydrogen) atoms. The second kappa shape index (κ2) is 6.63. The van der Waals surface area contributed by atoms with Crippen molar-refractivity contribution in [3.63, 3.8) is 0 Å². The van der Waals surface area contributed by atoms with Crippen LogP contribution in [0.1, 0.15) is 40.0 Å². The zero-order chi connectivity index (χ0) is 10.3. The van der Waals surface area contributed by atoms with Crippen molar-refractivity contribution in [3.8, 4) is 0 Å². The molecule has 0 fully saturated rings. The molecule has 0 saturated heterocycles. The predicted octanol–water partition coefficient (Wildman–Crippen LogP) is 1.52. The van der Waals surface area contributed by atoms with Gasteiger partial charge in [0.2, 0.25) is 5.91 Å². The van der Waals surface area contributed by atoms with Gasteiger partial charge in [-0.05, 0) is 19.8 Å². The van der Waals surface area contributed by atoms with Crippen LogP contribution in [0.2, 0.25) is 0 Å². The van der Waals surface area contributed by atoms with Gasteiger partial charge in [-0.3, -0.25) is 9.59 Å². The predicted molar refractivity (Wildman–Crippen MR) is 52.4 cm³/mol. The van der Waals surface area contributed by atoms with Crippen LogP contribution in [0.5, 0.6) is 0 Å². The molecule has 0 saturated carbocycles. The number of carbonyl (C=O) groups is 2. The monoisotopic (exact) mass is 185 g/mol. The lowest BCUT2D eigenvalue weighted by Gasteiger charge is -2.06. The molecule has 0 rings (SSSR count). The summed E-state index contributed by atoms with van der Waals surface area (Å²) in [5.74, 6) is 0.427. The average molecular weight is 185 g/mol. The van der Waals surface area contributed by atoms with Crippen molar-refractivity contribution in [2.24, 2.45) is 5.92 Å². The van der Waals surface area contributed by atoms with Gasteiger partial charge in [-0.15, -0.1) is 0 Å². The van der Waals surface area contributed by atoms with Gasteiger partial charge < -0.3 is 5.32 Å². The minimum Gasteiger partial charge on any atom is -0.356 e. The molecule has 0 aromatic rings. The van der Waals surface area contributed by atoms with Crippen LogP contribution in [0.25, 0.3) is 0 Å². The maximum atomic E-state index is 10.8. The standard InChI is InChI=1S/C10H19NO2/c1-8(9(2)12)6-4-5-7-11-10(3)13/h8H,4-7H2,1-3H3,(H,11,13). The van der Waals surface area contributed by atoms with Gasteiger partial charge in [0.25, 0.3) is 0 Å². The third-order valence-corrected chi connectivity index (χ3v) is 2.13. The largest absolute Gasteiger partial charge is 0.356 e. The molecular weight excluding hydrogens is 166 g/mol. The van der Waals surface area contributed by atoms with Gasteiger partial charge >= 0.3 is 0 Å². The molecule has 0 aliphatic rings. The molecule has 3 heteroatoms. The van der Waals surface area contributed by atoms with Crippen LogP contribution in [-0.4, -0.2) is 18.2 Å². The van der Waals surface area contributed by atoms with Crippen LogP contribution in [0.4, 0.5) is 0 Å². The average Bonchev–Trinajstić information content (AvgIpc) is 2.02. The number of hydrogen-bond donors (Lipinski definition) is 1. The topological polar surface area (TPSA) is 46.2 Å². The molecule has 0 aromatic carbocycles. The molecular formula is C10H19NO2. The summed E-state index contributed by atoms with van der Waals surface area (Å²) in [5.41, 5.74) is 0. The summed E-state index contributed by atoms with van der Waals surface area (Å²) >= 11 is 0. The Kier molecular flexibility index (Phi) is 6.20. The van der Waals surface area contributed by atoms with E-state index in [4.69, 9.17) is 0 Å². The molecule has 0 aliphatic carbocycles. The quantitative estimate of drug-likeness (QED) is 0.638. The van der Waals surface area contributed by atoms with Crippen LogP contribution in [-0.2, 0) is 9.59 Å². The van der Waals surface area contributed by atoms with Crippen molar-refractivity contribution in [3.05, 3.63) is 0 Å². The minimum absolute atomic E-state index is 0.0135. The van der Waals surface area contributed by atoms with Gasteiger partial charge in [0.15, 0.2) is 0 Å². The minimum atomic E-state index is 0.0135. The number of Topliss-reactive ketones (excluding diaryl/α,β-unsaturated/α-hetero) is 1. The second-order valence-electron chi connectivity index (χ2n) is 3.49. The summed E-state index contributed by atoms with van der Waals surface area (Å²) in [5, 5.41) is 2.72. The molecule has 1 atom stereocenters. The Labute approximate surface area is 79.9 Å². The fourth-order valence-electron chi connectivity index (χ4n) is 1.04. The van der Waals surface area contributed by atoms with Crippen LogP contribution in [0.3, 0.4) is 0 Å². The molecule has 0 spiro atoms. The first-order chi connectivity index (χ1) is 6.04. The smallest absolute Gasteiger partial charge is 0.216 e. The van der Waals surface area contributed by atoms with E-state index in [9.17, 15) is 9.59 Å². The van der Waals surface area contributed by atoms with Gasteiger partial charge in [0.05, 0.1) is 0 Å². The Morgan fingerprint density at radius 1 is 1.23 bits per heavy atom. The van der Waals surface area contributed by atoms with Gasteiger partial charge in [-0.1, -0.05) is 13.3 Å². The number of carbonyl (C=O) groups excluding carboxylic acids is 2. The highest BCUT2D eigenvalue weighted by molar-refractivity contribution is 5.77. The van der Waals surface area contributed by atoms with Crippen molar-refractivity contribution in [2.75, 3.05) is 6.54 Å². The summed E-state index contributed by atoms with van der Waals surface area (Å²) < 4.78 is 0. The first-order valence-electron chi connectivity index (χ1n) is 4.79. The van der Waals surface area contributed by atoms with Crippen LogP contribution < -0.4 is 5.32 Å². The molecule has 76 valence electrons. The fraction of sp³-hybridized carbons (Fsp3) is 0.800. The Morgan fingerprint density at radius 3 is 2.31 bits per heavy atom. The summed E-state index contributed by atoms with van der Waals surface area (Å²) in [7, 11) is 0. The van der Waals surface area contributed by atoms with Gasteiger partial charge in [-0.2, -0.15) is 0 Å². The Balaban J connectivity index is 3.26. The first kappa shape index (κ1) is 12.1. The zero-order valence-electron chi connectivity index (χ0n) is 8.72. The van der Waals surface area contributed by atoms with E-state index >= 15 is 0 Å². The number of hydrogen-bond acceptors (Lipinski definition) is 2. The Morgan fingerprint density at radius 2 is 1.85 bits per heavy atom. The van der Waals surface area contributed by atoms with Crippen molar-refractivity contribution in [2.45, 2.75) is 40.0 Å². The molecule has 3 nitrogen and oxygen atoms in total. The summed E-state index contributed by atoms with van der Waals surface area (Å²) in [6.45, 7) is 5.80. The lowest BCUT2D eigenvalue weighted by atomic mass is 10.0. The number of unbranched alkanes of at least 4 members (excludes halogenated alkanes) is 1. The number of amides is 1. The van der Waals surface area contributed by atoms with E-state index in [0.717, 1.165) is 25.8 Å². The Hall–Kier alpha value is -0.860. The van der Waals surface area contributed by atoms with Gasteiger partial charge in [0, 0.05) is 19.4 Å². The maximum absolute atomic E-state index is 10.8. The van der Waals surface area contributed by atoms with E-state index in [1.54, 1.807) is 6.92 Å². The van der Waals surface area contributed by atoms with E-state index < -0.39 is 0 Å². The van der Waals surface area contributed by atoms with Gasteiger partial charge in [-0.25, -0.2) is 0 Å². The highest BCUT2D eigenvalue weighted by Gasteiger charge is 2.05. The van der Waals surface area contributed by atoms with Crippen molar-refractivity contribution >= 4 is 11.7 Å². The van der Waals surface area contributed by atoms with E-state index in [1.165, 1.54) is 6.92 Å². The summed E-state index contributed by atoms with van der Waals surface area (Å²) in [6, 6.07) is 0. The molecule has 0 radical (unpaired) electrons. The number of ketones is 1. The molecule has 1 unspecified atom stereocenters. The SMILES string of the molecule is CC(=O)NCCCCC(C)C(C)=O. The third-order valence-electron chi connectivity index (χ3n) is 2.13. The van der Waals surface area contributed by atoms with E-state index in [2.05, 4.69) is 5.32 Å². The number of nitrogens with one attached hydrogen (secondary N) is 1. The highest BCUT2D eigenvalue weighted by Crippen LogP contribution is 2.07. The molecule has 0 aromatic heterocycles. The molecule has 0 aliphatic heterocycles. The fourth-order valence-corrected chi connectivity index (χ4v) is 1.04. The summed E-state index contributed by atoms with van der Waals surface area (Å²) in [4.78, 5) is 21.3. The molecule has 1 amide bonds. The zero-order valence-corrected chi connectivity index (χ0v) is 8.72. The third kappa shape index (κ3) is 7.50. The molecule has 1 N–H and O–H groups in total. The van der Waals surface area contributed by atoms with Crippen LogP contribution in [0.15, 0.2) is 0 Å². The van der Waals surface area contributed by atoms with Gasteiger partial charge in [0.1, 0.15) is 5.78 Å². The lowest BCUT2D eigenvalue weighted by molar-refractivity contribution is -0.121. The highest BCUT2D eigenvalue weighted by atomic mass is 16.1. The van der Waals surface area contributed by atoms with Crippen LogP contribution in [0, 0.1) is 5.92 Å². The van der Waals surface area contributed by atoms with Crippen molar-refractivity contribution < 1.29 is 9.59 Å². The van der Waals surface area contributed by atoms with Crippen molar-refractivity contribution in [1.29, 1.82) is 0 Å². The lowest BCUT2D eigenvalue weighted by Crippen LogP contribution is -2.21. The number of rotatable bonds is 6. The molecule has 0 heterocycles. The first-order valence-corrected chi connectivity index (χ1v) is 4.79.